The zero-order valence-corrected chi connectivity index (χ0v) is 5.65. The SMILES string of the molecule is N#[N+]c1ccc2nc[nH]c2c1. The van der Waals surface area contributed by atoms with Crippen molar-refractivity contribution in [1.82, 2.24) is 9.97 Å². The summed E-state index contributed by atoms with van der Waals surface area (Å²) in [5, 5.41) is 8.43. The Bertz CT molecular complexity index is 423. The topological polar surface area (TPSA) is 56.8 Å². The molecule has 0 saturated carbocycles. The van der Waals surface area contributed by atoms with Crippen LogP contribution in [0.1, 0.15) is 0 Å². The van der Waals surface area contributed by atoms with Crippen LogP contribution >= 0.6 is 0 Å². The fourth-order valence-electron chi connectivity index (χ4n) is 0.986. The molecule has 11 heavy (non-hydrogen) atoms. The fourth-order valence-corrected chi connectivity index (χ4v) is 0.986. The van der Waals surface area contributed by atoms with Gasteiger partial charge >= 0.3 is 5.69 Å². The fraction of sp³-hybridized carbons (Fsp3) is 0. The molecular formula is C7H5N4+. The minimum atomic E-state index is 0.529. The third-order valence-corrected chi connectivity index (χ3v) is 1.52. The summed E-state index contributed by atoms with van der Waals surface area (Å²) in [6, 6.07) is 5.21. The van der Waals surface area contributed by atoms with E-state index in [9.17, 15) is 0 Å². The molecule has 0 aliphatic carbocycles. The normalized spacial score (nSPS) is 9.73. The second-order valence-electron chi connectivity index (χ2n) is 2.20. The van der Waals surface area contributed by atoms with Crippen molar-refractivity contribution in [2.24, 2.45) is 0 Å². The van der Waals surface area contributed by atoms with E-state index in [-0.39, 0.29) is 0 Å². The Morgan fingerprint density at radius 1 is 1.45 bits per heavy atom. The van der Waals surface area contributed by atoms with Gasteiger partial charge in [0.15, 0.2) is 4.98 Å². The van der Waals surface area contributed by atoms with E-state index in [1.165, 1.54) is 0 Å². The van der Waals surface area contributed by atoms with Crippen molar-refractivity contribution in [3.05, 3.63) is 29.5 Å². The molecule has 0 saturated heterocycles. The van der Waals surface area contributed by atoms with Gasteiger partial charge in [0.05, 0.1) is 23.4 Å². The highest BCUT2D eigenvalue weighted by Crippen LogP contribution is 2.17. The molecule has 0 unspecified atom stereocenters. The Hall–Kier alpha value is -1.89. The number of rotatable bonds is 0. The number of H-pyrrole nitrogens is 1. The van der Waals surface area contributed by atoms with Crippen LogP contribution in [0.4, 0.5) is 5.69 Å². The van der Waals surface area contributed by atoms with Gasteiger partial charge in [-0.15, -0.1) is 0 Å². The molecule has 2 rings (SSSR count). The Morgan fingerprint density at radius 2 is 2.36 bits per heavy atom. The number of aromatic amines is 1. The van der Waals surface area contributed by atoms with E-state index in [2.05, 4.69) is 14.9 Å². The highest BCUT2D eigenvalue weighted by molar-refractivity contribution is 5.78. The van der Waals surface area contributed by atoms with Gasteiger partial charge < -0.3 is 4.98 Å². The zero-order chi connectivity index (χ0) is 7.68. The lowest BCUT2D eigenvalue weighted by Crippen LogP contribution is -1.66. The monoisotopic (exact) mass is 145 g/mol. The van der Waals surface area contributed by atoms with Gasteiger partial charge in [-0.05, 0) is 6.07 Å². The van der Waals surface area contributed by atoms with Crippen LogP contribution in [0, 0.1) is 5.39 Å². The van der Waals surface area contributed by atoms with E-state index >= 15 is 0 Å². The molecule has 4 nitrogen and oxygen atoms in total. The quantitative estimate of drug-likeness (QED) is 0.576. The van der Waals surface area contributed by atoms with Crippen molar-refractivity contribution in [3.8, 4) is 0 Å². The molecule has 0 fully saturated rings. The first-order valence-corrected chi connectivity index (χ1v) is 3.18. The van der Waals surface area contributed by atoms with Crippen LogP contribution in [-0.4, -0.2) is 9.97 Å². The first kappa shape index (κ1) is 5.86. The van der Waals surface area contributed by atoms with Crippen LogP contribution < -0.4 is 0 Å². The smallest absolute Gasteiger partial charge is 0.344 e. The summed E-state index contributed by atoms with van der Waals surface area (Å²) >= 11 is 0. The van der Waals surface area contributed by atoms with E-state index in [1.54, 1.807) is 24.5 Å². The summed E-state index contributed by atoms with van der Waals surface area (Å²) < 4.78 is 0. The summed E-state index contributed by atoms with van der Waals surface area (Å²) in [5.74, 6) is 0. The summed E-state index contributed by atoms with van der Waals surface area (Å²) in [6.45, 7) is 0. The number of benzene rings is 1. The molecule has 0 bridgehead atoms. The second kappa shape index (κ2) is 2.06. The number of imidazole rings is 1. The molecule has 0 aliphatic rings. The maximum atomic E-state index is 8.43. The molecule has 1 aromatic heterocycles. The van der Waals surface area contributed by atoms with Gasteiger partial charge in [0.2, 0.25) is 5.39 Å². The Morgan fingerprint density at radius 3 is 3.18 bits per heavy atom. The van der Waals surface area contributed by atoms with Crippen LogP contribution in [0.15, 0.2) is 24.5 Å². The van der Waals surface area contributed by atoms with Crippen molar-refractivity contribution < 1.29 is 0 Å². The number of nitrogens with zero attached hydrogens (tertiary/aromatic N) is 3. The lowest BCUT2D eigenvalue weighted by atomic mass is 10.3. The number of aromatic nitrogens is 2. The number of fused-ring (bicyclic) bond motifs is 1. The van der Waals surface area contributed by atoms with Crippen LogP contribution in [0.25, 0.3) is 16.0 Å². The van der Waals surface area contributed by atoms with Crippen molar-refractivity contribution in [3.63, 3.8) is 0 Å². The molecule has 2 aromatic rings. The minimum absolute atomic E-state index is 0.529. The van der Waals surface area contributed by atoms with Crippen LogP contribution in [0.5, 0.6) is 0 Å². The predicted octanol–water partition coefficient (Wildman–Crippen LogP) is 2.05. The lowest BCUT2D eigenvalue weighted by Gasteiger charge is -1.80. The van der Waals surface area contributed by atoms with Gasteiger partial charge in [-0.2, -0.15) is 0 Å². The molecule has 1 heterocycles. The van der Waals surface area contributed by atoms with Crippen LogP contribution in [0.2, 0.25) is 0 Å². The number of hydrogen-bond donors (Lipinski definition) is 1. The van der Waals surface area contributed by atoms with Gasteiger partial charge in [0, 0.05) is 6.07 Å². The van der Waals surface area contributed by atoms with Crippen molar-refractivity contribution in [2.75, 3.05) is 0 Å². The summed E-state index contributed by atoms with van der Waals surface area (Å²) in [7, 11) is 0. The van der Waals surface area contributed by atoms with Crippen LogP contribution in [0.3, 0.4) is 0 Å². The lowest BCUT2D eigenvalue weighted by molar-refractivity contribution is 1.34. The second-order valence-corrected chi connectivity index (χ2v) is 2.20. The molecule has 4 heteroatoms. The third kappa shape index (κ3) is 0.829. The first-order valence-electron chi connectivity index (χ1n) is 3.18. The number of hydrogen-bond acceptors (Lipinski definition) is 2. The Balaban J connectivity index is 2.79. The van der Waals surface area contributed by atoms with E-state index in [4.69, 9.17) is 5.39 Å². The molecule has 1 N–H and O–H groups in total. The minimum Gasteiger partial charge on any atom is -0.344 e. The molecule has 0 amide bonds. The van der Waals surface area contributed by atoms with E-state index in [0.29, 0.717) is 5.69 Å². The molecule has 0 aliphatic heterocycles. The summed E-state index contributed by atoms with van der Waals surface area (Å²) in [5.41, 5.74) is 2.28. The third-order valence-electron chi connectivity index (χ3n) is 1.52. The molecule has 0 atom stereocenters. The highest BCUT2D eigenvalue weighted by Gasteiger charge is 2.05. The van der Waals surface area contributed by atoms with Gasteiger partial charge in [-0.25, -0.2) is 4.98 Å². The average Bonchev–Trinajstić information content (AvgIpc) is 2.50. The maximum Gasteiger partial charge on any atom is 0.387 e. The summed E-state index contributed by atoms with van der Waals surface area (Å²) in [6.07, 6.45) is 1.60. The molecule has 0 radical (unpaired) electrons. The van der Waals surface area contributed by atoms with Crippen LogP contribution in [-0.2, 0) is 0 Å². The molecular weight excluding hydrogens is 140 g/mol. The van der Waals surface area contributed by atoms with E-state index < -0.39 is 0 Å². The molecule has 1 aromatic carbocycles. The molecule has 52 valence electrons. The van der Waals surface area contributed by atoms with Gasteiger partial charge in [-0.1, -0.05) is 0 Å². The van der Waals surface area contributed by atoms with E-state index in [0.717, 1.165) is 11.0 Å². The van der Waals surface area contributed by atoms with Gasteiger partial charge in [0.25, 0.3) is 0 Å². The van der Waals surface area contributed by atoms with Gasteiger partial charge in [-0.3, -0.25) is 0 Å². The standard InChI is InChI=1S/C7H5N4/c8-11-5-1-2-6-7(3-5)10-4-9-6/h1-4H,(H,9,10)/q+1. The average molecular weight is 145 g/mol. The summed E-state index contributed by atoms with van der Waals surface area (Å²) in [4.78, 5) is 9.98. The largest absolute Gasteiger partial charge is 0.387 e. The van der Waals surface area contributed by atoms with Crippen molar-refractivity contribution in [1.29, 1.82) is 5.39 Å². The number of nitrogens with one attached hydrogen (secondary N) is 1. The first-order chi connectivity index (χ1) is 5.40. The predicted molar refractivity (Wildman–Crippen MR) is 40.8 cm³/mol. The van der Waals surface area contributed by atoms with Gasteiger partial charge in [0.1, 0.15) is 0 Å². The maximum absolute atomic E-state index is 8.43. The number of diazo groups is 1. The Kier molecular flexibility index (Phi) is 1.10. The van der Waals surface area contributed by atoms with Crippen molar-refractivity contribution >= 4 is 16.7 Å². The molecule has 0 spiro atoms. The van der Waals surface area contributed by atoms with E-state index in [1.807, 2.05) is 0 Å². The Labute approximate surface area is 62.5 Å². The van der Waals surface area contributed by atoms with Crippen molar-refractivity contribution in [2.45, 2.75) is 0 Å². The highest BCUT2D eigenvalue weighted by atomic mass is 14.9. The zero-order valence-electron chi connectivity index (χ0n) is 5.65.